The van der Waals surface area contributed by atoms with Crippen LogP contribution in [0, 0.1) is 0 Å². The number of aromatic nitrogens is 3. The Labute approximate surface area is 163 Å². The molecule has 3 aromatic rings. The zero-order valence-corrected chi connectivity index (χ0v) is 16.3. The van der Waals surface area contributed by atoms with E-state index in [2.05, 4.69) is 15.1 Å². The summed E-state index contributed by atoms with van der Waals surface area (Å²) in [6, 6.07) is 8.97. The van der Waals surface area contributed by atoms with Gasteiger partial charge in [-0.25, -0.2) is 8.42 Å². The molecule has 1 aliphatic carbocycles. The van der Waals surface area contributed by atoms with Crippen molar-refractivity contribution in [3.63, 3.8) is 0 Å². The summed E-state index contributed by atoms with van der Waals surface area (Å²) in [6.07, 6.45) is 6.91. The summed E-state index contributed by atoms with van der Waals surface area (Å²) in [5, 5.41) is 4.89. The molecule has 1 aromatic carbocycles. The lowest BCUT2D eigenvalue weighted by atomic mass is 10.1. The third kappa shape index (κ3) is 3.20. The Bertz CT molecular complexity index is 1100. The molecule has 146 valence electrons. The van der Waals surface area contributed by atoms with Gasteiger partial charge in [0.05, 0.1) is 5.52 Å². The van der Waals surface area contributed by atoms with Crippen molar-refractivity contribution in [3.8, 4) is 0 Å². The highest BCUT2D eigenvalue weighted by Crippen LogP contribution is 2.39. The second kappa shape index (κ2) is 6.93. The maximum absolute atomic E-state index is 13.4. The highest BCUT2D eigenvalue weighted by atomic mass is 32.2. The minimum atomic E-state index is -3.61. The number of fused-ring (bicyclic) bond motifs is 1. The van der Waals surface area contributed by atoms with Crippen molar-refractivity contribution in [1.29, 1.82) is 0 Å². The first-order valence-electron chi connectivity index (χ1n) is 9.81. The van der Waals surface area contributed by atoms with Gasteiger partial charge >= 0.3 is 0 Å². The smallest absolute Gasteiger partial charge is 0.245 e. The quantitative estimate of drug-likeness (QED) is 0.633. The van der Waals surface area contributed by atoms with Crippen molar-refractivity contribution in [2.24, 2.45) is 0 Å². The lowest BCUT2D eigenvalue weighted by molar-refractivity contribution is 0.358. The van der Waals surface area contributed by atoms with Gasteiger partial charge < -0.3 is 4.52 Å². The summed E-state index contributed by atoms with van der Waals surface area (Å²) in [4.78, 5) is 9.07. The fraction of sp³-hybridized carbons (Fsp3) is 0.450. The zero-order chi connectivity index (χ0) is 19.1. The summed E-state index contributed by atoms with van der Waals surface area (Å²) in [5.41, 5.74) is 0.530. The number of aryl methyl sites for hydroxylation is 1. The van der Waals surface area contributed by atoms with Crippen LogP contribution >= 0.6 is 0 Å². The van der Waals surface area contributed by atoms with Gasteiger partial charge in [0.2, 0.25) is 15.9 Å². The van der Waals surface area contributed by atoms with E-state index in [0.29, 0.717) is 36.6 Å². The predicted octanol–water partition coefficient (Wildman–Crippen LogP) is 3.28. The monoisotopic (exact) mass is 398 g/mol. The van der Waals surface area contributed by atoms with Gasteiger partial charge in [-0.15, -0.1) is 0 Å². The summed E-state index contributed by atoms with van der Waals surface area (Å²) in [6.45, 7) is 0.537. The SMILES string of the molecule is O=S(=O)(c1cccc2cccnc12)N1CCCC1CCc1noc(C2CC2)n1. The number of hydrogen-bond donors (Lipinski definition) is 0. The van der Waals surface area contributed by atoms with Gasteiger partial charge in [0, 0.05) is 36.5 Å². The molecule has 0 bridgehead atoms. The largest absolute Gasteiger partial charge is 0.339 e. The molecule has 7 nitrogen and oxygen atoms in total. The third-order valence-electron chi connectivity index (χ3n) is 5.62. The molecule has 0 N–H and O–H groups in total. The molecule has 8 heteroatoms. The minimum Gasteiger partial charge on any atom is -0.339 e. The molecule has 1 saturated heterocycles. The molecular formula is C20H22N4O3S. The number of nitrogens with zero attached hydrogens (tertiary/aromatic N) is 4. The van der Waals surface area contributed by atoms with E-state index < -0.39 is 10.0 Å². The van der Waals surface area contributed by atoms with Crippen molar-refractivity contribution in [1.82, 2.24) is 19.4 Å². The van der Waals surface area contributed by atoms with Crippen LogP contribution in [0.3, 0.4) is 0 Å². The average Bonchev–Trinajstić information content (AvgIpc) is 3.25. The summed E-state index contributed by atoms with van der Waals surface area (Å²) < 4.78 is 33.8. The van der Waals surface area contributed by atoms with E-state index in [1.165, 1.54) is 0 Å². The van der Waals surface area contributed by atoms with Crippen LogP contribution in [0.25, 0.3) is 10.9 Å². The van der Waals surface area contributed by atoms with E-state index in [-0.39, 0.29) is 10.9 Å². The molecule has 1 aliphatic heterocycles. The molecule has 28 heavy (non-hydrogen) atoms. The van der Waals surface area contributed by atoms with Gasteiger partial charge in [-0.2, -0.15) is 9.29 Å². The van der Waals surface area contributed by atoms with Crippen LogP contribution in [0.2, 0.25) is 0 Å². The standard InChI is InChI=1S/C20H22N4O3S/c25-28(26,17-7-1-4-14-5-2-12-21-19(14)17)24-13-3-6-16(24)10-11-18-22-20(27-23-18)15-8-9-15/h1-2,4-5,7,12,15-16H,3,6,8-11,13H2. The van der Waals surface area contributed by atoms with Crippen molar-refractivity contribution in [2.45, 2.75) is 55.4 Å². The third-order valence-corrected chi connectivity index (χ3v) is 7.60. The number of sulfonamides is 1. The van der Waals surface area contributed by atoms with Gasteiger partial charge in [0.1, 0.15) is 4.90 Å². The maximum Gasteiger partial charge on any atom is 0.245 e. The van der Waals surface area contributed by atoms with Crippen LogP contribution in [0.5, 0.6) is 0 Å². The van der Waals surface area contributed by atoms with E-state index in [1.807, 2.05) is 18.2 Å². The molecule has 3 heterocycles. The van der Waals surface area contributed by atoms with Crippen molar-refractivity contribution in [3.05, 3.63) is 48.2 Å². The first-order valence-corrected chi connectivity index (χ1v) is 11.2. The molecule has 2 fully saturated rings. The van der Waals surface area contributed by atoms with E-state index in [4.69, 9.17) is 4.52 Å². The van der Waals surface area contributed by atoms with Crippen LogP contribution < -0.4 is 0 Å². The number of pyridine rings is 1. The first kappa shape index (κ1) is 17.8. The van der Waals surface area contributed by atoms with E-state index in [9.17, 15) is 8.42 Å². The van der Waals surface area contributed by atoms with Crippen molar-refractivity contribution < 1.29 is 12.9 Å². The van der Waals surface area contributed by atoms with E-state index >= 15 is 0 Å². The molecule has 5 rings (SSSR count). The fourth-order valence-corrected chi connectivity index (χ4v) is 5.88. The topological polar surface area (TPSA) is 89.2 Å². The van der Waals surface area contributed by atoms with E-state index in [1.54, 1.807) is 22.6 Å². The molecule has 1 atom stereocenters. The Morgan fingerprint density at radius 3 is 2.86 bits per heavy atom. The van der Waals surface area contributed by atoms with Gasteiger partial charge in [0.25, 0.3) is 0 Å². The number of hydrogen-bond acceptors (Lipinski definition) is 6. The normalized spacial score (nSPS) is 20.8. The van der Waals surface area contributed by atoms with Gasteiger partial charge in [-0.05, 0) is 44.2 Å². The second-order valence-corrected chi connectivity index (χ2v) is 9.46. The van der Waals surface area contributed by atoms with Crippen LogP contribution in [0.4, 0.5) is 0 Å². The Morgan fingerprint density at radius 2 is 2.00 bits per heavy atom. The maximum atomic E-state index is 13.4. The molecule has 2 aliphatic rings. The Balaban J connectivity index is 1.37. The highest BCUT2D eigenvalue weighted by molar-refractivity contribution is 7.89. The van der Waals surface area contributed by atoms with Gasteiger partial charge in [-0.3, -0.25) is 4.98 Å². The molecule has 1 saturated carbocycles. The second-order valence-electron chi connectivity index (χ2n) is 7.60. The van der Waals surface area contributed by atoms with Gasteiger partial charge in [0.15, 0.2) is 5.82 Å². The molecule has 2 aromatic heterocycles. The summed E-state index contributed by atoms with van der Waals surface area (Å²) >= 11 is 0. The molecule has 0 amide bonds. The lowest BCUT2D eigenvalue weighted by Gasteiger charge is -2.24. The number of rotatable bonds is 6. The molecule has 0 spiro atoms. The average molecular weight is 398 g/mol. The summed E-state index contributed by atoms with van der Waals surface area (Å²) in [5.74, 6) is 1.84. The van der Waals surface area contributed by atoms with Crippen LogP contribution in [-0.2, 0) is 16.4 Å². The van der Waals surface area contributed by atoms with Crippen molar-refractivity contribution >= 4 is 20.9 Å². The lowest BCUT2D eigenvalue weighted by Crippen LogP contribution is -2.36. The highest BCUT2D eigenvalue weighted by Gasteiger charge is 2.36. The van der Waals surface area contributed by atoms with E-state index in [0.717, 1.165) is 37.0 Å². The Hall–Kier alpha value is -2.32. The Morgan fingerprint density at radius 1 is 1.14 bits per heavy atom. The van der Waals surface area contributed by atoms with Gasteiger partial charge in [-0.1, -0.05) is 23.4 Å². The van der Waals surface area contributed by atoms with Crippen molar-refractivity contribution in [2.75, 3.05) is 6.54 Å². The zero-order valence-electron chi connectivity index (χ0n) is 15.5. The van der Waals surface area contributed by atoms with Crippen LogP contribution in [-0.4, -0.2) is 40.4 Å². The summed E-state index contributed by atoms with van der Waals surface area (Å²) in [7, 11) is -3.61. The predicted molar refractivity (Wildman–Crippen MR) is 103 cm³/mol. The first-order chi connectivity index (χ1) is 13.6. The number of benzene rings is 1. The number of para-hydroxylation sites is 1. The Kier molecular flexibility index (Phi) is 4.40. The molecular weight excluding hydrogens is 376 g/mol. The van der Waals surface area contributed by atoms with Crippen LogP contribution in [0.15, 0.2) is 45.9 Å². The molecule has 1 unspecified atom stereocenters. The molecule has 0 radical (unpaired) electrons. The van der Waals surface area contributed by atoms with Crippen LogP contribution in [0.1, 0.15) is 49.7 Å². The fourth-order valence-electron chi connectivity index (χ4n) is 3.99. The minimum absolute atomic E-state index is 0.0492.